The molecule has 2 aliphatic carbocycles. The van der Waals surface area contributed by atoms with E-state index in [-0.39, 0.29) is 12.4 Å². The van der Waals surface area contributed by atoms with Gasteiger partial charge in [-0.2, -0.15) is 0 Å². The number of carbonyl (C=O) groups excluding carboxylic acids is 1. The Morgan fingerprint density at radius 2 is 1.76 bits per heavy atom. The first-order valence-corrected chi connectivity index (χ1v) is 14.7. The molecule has 1 amide bonds. The maximum Gasteiger partial charge on any atom is 0.267 e. The number of nitrogens with one attached hydrogen (secondary N) is 1. The summed E-state index contributed by atoms with van der Waals surface area (Å²) in [7, 11) is -3.85. The molecular formula is C28H34F2N2O4S. The summed E-state index contributed by atoms with van der Waals surface area (Å²) in [6.07, 6.45) is 7.52. The van der Waals surface area contributed by atoms with Crippen molar-refractivity contribution in [2.24, 2.45) is 11.3 Å². The van der Waals surface area contributed by atoms with Crippen molar-refractivity contribution in [1.29, 1.82) is 0 Å². The van der Waals surface area contributed by atoms with Crippen molar-refractivity contribution in [3.63, 3.8) is 0 Å². The van der Waals surface area contributed by atoms with E-state index < -0.39 is 38.4 Å². The van der Waals surface area contributed by atoms with E-state index in [4.69, 9.17) is 4.74 Å². The first-order valence-electron chi connectivity index (χ1n) is 13.2. The van der Waals surface area contributed by atoms with E-state index in [0.717, 1.165) is 45.0 Å². The van der Waals surface area contributed by atoms with Gasteiger partial charge < -0.3 is 4.74 Å². The van der Waals surface area contributed by atoms with E-state index in [1.165, 1.54) is 24.8 Å². The number of likely N-dealkylation sites (tertiary alicyclic amines) is 1. The Bertz CT molecular complexity index is 1230. The molecule has 1 saturated heterocycles. The molecule has 1 atom stereocenters. The fraction of sp³-hybridized carbons (Fsp3) is 0.536. The van der Waals surface area contributed by atoms with Gasteiger partial charge in [-0.25, -0.2) is 21.9 Å². The fourth-order valence-electron chi connectivity index (χ4n) is 5.85. The van der Waals surface area contributed by atoms with Gasteiger partial charge in [-0.05, 0) is 87.4 Å². The van der Waals surface area contributed by atoms with Crippen LogP contribution in [0.15, 0.2) is 42.5 Å². The van der Waals surface area contributed by atoms with E-state index in [9.17, 15) is 22.0 Å². The van der Waals surface area contributed by atoms with Crippen molar-refractivity contribution in [2.75, 3.05) is 19.7 Å². The first-order chi connectivity index (χ1) is 17.7. The van der Waals surface area contributed by atoms with Crippen LogP contribution in [0.1, 0.15) is 67.3 Å². The third kappa shape index (κ3) is 6.32. The molecule has 0 bridgehead atoms. The Morgan fingerprint density at radius 1 is 1.03 bits per heavy atom. The Balaban J connectivity index is 1.08. The fourth-order valence-corrected chi connectivity index (χ4v) is 7.14. The average molecular weight is 533 g/mol. The number of rotatable bonds is 9. The number of piperidine rings is 1. The third-order valence-corrected chi connectivity index (χ3v) is 10.0. The molecule has 3 aliphatic rings. The quantitative estimate of drug-likeness (QED) is 0.490. The Morgan fingerprint density at radius 3 is 2.46 bits per heavy atom. The molecule has 2 aromatic carbocycles. The van der Waals surface area contributed by atoms with Crippen molar-refractivity contribution in [1.82, 2.24) is 9.62 Å². The van der Waals surface area contributed by atoms with Crippen LogP contribution in [0.25, 0.3) is 0 Å². The Labute approximate surface area is 217 Å². The zero-order valence-corrected chi connectivity index (χ0v) is 21.7. The molecule has 1 unspecified atom stereocenters. The van der Waals surface area contributed by atoms with Crippen LogP contribution in [0.4, 0.5) is 8.78 Å². The highest BCUT2D eigenvalue weighted by molar-refractivity contribution is 7.91. The molecule has 1 N–H and O–H groups in total. The van der Waals surface area contributed by atoms with Crippen LogP contribution in [-0.2, 0) is 16.6 Å². The molecule has 0 radical (unpaired) electrons. The molecule has 0 aromatic heterocycles. The summed E-state index contributed by atoms with van der Waals surface area (Å²) in [5.74, 6) is -2.83. The van der Waals surface area contributed by atoms with E-state index in [1.807, 2.05) is 10.8 Å². The predicted octanol–water partition coefficient (Wildman–Crippen LogP) is 5.04. The molecule has 37 heavy (non-hydrogen) atoms. The maximum absolute atomic E-state index is 14.5. The SMILES string of the molecule is O=C(NS(=O)(=O)C1CC1)c1cc(F)c(OCCC2CCC3(CCN(Cc4ccccc4)CC3)C2)cc1F. The number of sulfonamides is 1. The summed E-state index contributed by atoms with van der Waals surface area (Å²) < 4.78 is 60.3. The highest BCUT2D eigenvalue weighted by Crippen LogP contribution is 2.50. The standard InChI is InChI=1S/C28H34F2N2O4S/c29-24-17-26(25(30)16-23(24)27(33)31-37(34,35)22-6-7-22)36-15-9-20-8-10-28(18-20)11-13-32(14-12-28)19-21-4-2-1-3-5-21/h1-5,16-17,20,22H,6-15,18-19H2,(H,31,33). The van der Waals surface area contributed by atoms with Gasteiger partial charge in [0.25, 0.3) is 5.91 Å². The van der Waals surface area contributed by atoms with Crippen molar-refractivity contribution in [2.45, 2.75) is 63.2 Å². The number of hydrogen-bond acceptors (Lipinski definition) is 5. The molecule has 5 rings (SSSR count). The highest BCUT2D eigenvalue weighted by Gasteiger charge is 2.41. The van der Waals surface area contributed by atoms with Gasteiger partial charge in [-0.1, -0.05) is 30.3 Å². The lowest BCUT2D eigenvalue weighted by Gasteiger charge is -2.39. The molecule has 2 saturated carbocycles. The van der Waals surface area contributed by atoms with E-state index in [0.29, 0.717) is 30.2 Å². The zero-order valence-electron chi connectivity index (χ0n) is 20.9. The van der Waals surface area contributed by atoms with E-state index >= 15 is 0 Å². The van der Waals surface area contributed by atoms with E-state index in [2.05, 4.69) is 29.2 Å². The van der Waals surface area contributed by atoms with Gasteiger partial charge in [0, 0.05) is 12.6 Å². The van der Waals surface area contributed by atoms with Crippen molar-refractivity contribution in [3.05, 3.63) is 65.2 Å². The van der Waals surface area contributed by atoms with Gasteiger partial charge in [0.2, 0.25) is 10.0 Å². The molecule has 1 aliphatic heterocycles. The van der Waals surface area contributed by atoms with Gasteiger partial charge in [0.15, 0.2) is 11.6 Å². The third-order valence-electron chi connectivity index (χ3n) is 8.22. The number of carbonyl (C=O) groups is 1. The van der Waals surface area contributed by atoms with Gasteiger partial charge in [0.05, 0.1) is 17.4 Å². The molecular weight excluding hydrogens is 498 g/mol. The monoisotopic (exact) mass is 532 g/mol. The van der Waals surface area contributed by atoms with Crippen LogP contribution < -0.4 is 9.46 Å². The van der Waals surface area contributed by atoms with Crippen LogP contribution in [0, 0.1) is 23.0 Å². The molecule has 2 aromatic rings. The summed E-state index contributed by atoms with van der Waals surface area (Å²) in [5, 5.41) is -0.636. The largest absolute Gasteiger partial charge is 0.490 e. The number of nitrogens with zero attached hydrogens (tertiary/aromatic N) is 1. The first kappa shape index (κ1) is 26.1. The van der Waals surface area contributed by atoms with Crippen molar-refractivity contribution < 1.29 is 26.7 Å². The summed E-state index contributed by atoms with van der Waals surface area (Å²) in [6.45, 7) is 3.46. The molecule has 9 heteroatoms. The van der Waals surface area contributed by atoms with Crippen LogP contribution >= 0.6 is 0 Å². The second-order valence-corrected chi connectivity index (χ2v) is 12.9. The second kappa shape index (κ2) is 10.7. The summed E-state index contributed by atoms with van der Waals surface area (Å²) in [5.41, 5.74) is 1.08. The zero-order chi connectivity index (χ0) is 26.0. The van der Waals surface area contributed by atoms with Gasteiger partial charge in [-0.15, -0.1) is 0 Å². The molecule has 1 spiro atoms. The van der Waals surface area contributed by atoms with E-state index in [1.54, 1.807) is 0 Å². The minimum absolute atomic E-state index is 0.263. The number of amides is 1. The molecule has 6 nitrogen and oxygen atoms in total. The lowest BCUT2D eigenvalue weighted by atomic mass is 9.76. The summed E-state index contributed by atoms with van der Waals surface area (Å²) >= 11 is 0. The van der Waals surface area contributed by atoms with Gasteiger partial charge in [0.1, 0.15) is 5.82 Å². The smallest absolute Gasteiger partial charge is 0.267 e. The molecule has 200 valence electrons. The van der Waals surface area contributed by atoms with Crippen LogP contribution in [0.2, 0.25) is 0 Å². The highest BCUT2D eigenvalue weighted by atomic mass is 32.2. The second-order valence-electron chi connectivity index (χ2n) is 10.9. The minimum atomic E-state index is -3.85. The van der Waals surface area contributed by atoms with Crippen LogP contribution in [0.3, 0.4) is 0 Å². The van der Waals surface area contributed by atoms with Crippen LogP contribution in [0.5, 0.6) is 5.75 Å². The van der Waals surface area contributed by atoms with Crippen LogP contribution in [-0.4, -0.2) is 44.2 Å². The number of ether oxygens (including phenoxy) is 1. The van der Waals surface area contributed by atoms with Crippen molar-refractivity contribution in [3.8, 4) is 5.75 Å². The van der Waals surface area contributed by atoms with Crippen molar-refractivity contribution >= 4 is 15.9 Å². The number of hydrogen-bond donors (Lipinski definition) is 1. The minimum Gasteiger partial charge on any atom is -0.490 e. The molecule has 1 heterocycles. The maximum atomic E-state index is 14.5. The number of halogens is 2. The van der Waals surface area contributed by atoms with Gasteiger partial charge >= 0.3 is 0 Å². The van der Waals surface area contributed by atoms with Gasteiger partial charge in [-0.3, -0.25) is 9.69 Å². The lowest BCUT2D eigenvalue weighted by molar-refractivity contribution is 0.0976. The summed E-state index contributed by atoms with van der Waals surface area (Å²) in [6, 6.07) is 12.1. The summed E-state index contributed by atoms with van der Waals surface area (Å²) in [4.78, 5) is 14.7. The average Bonchev–Trinajstić information content (AvgIpc) is 3.67. The Kier molecular flexibility index (Phi) is 7.54. The number of benzene rings is 2. The lowest BCUT2D eigenvalue weighted by Crippen LogP contribution is -2.38. The topological polar surface area (TPSA) is 75.7 Å². The predicted molar refractivity (Wildman–Crippen MR) is 137 cm³/mol. The normalized spacial score (nSPS) is 21.7. The molecule has 3 fully saturated rings. The Hall–Kier alpha value is -2.52.